The highest BCUT2D eigenvalue weighted by atomic mass is 16.4. The first kappa shape index (κ1) is 9.70. The van der Waals surface area contributed by atoms with E-state index in [1.807, 2.05) is 6.92 Å². The Hall–Kier alpha value is -1.85. The monoisotopic (exact) mass is 209 g/mol. The zero-order chi connectivity index (χ0) is 11.0. The molecule has 2 heterocycles. The number of carboxylic acid groups (broad SMARTS) is 1. The summed E-state index contributed by atoms with van der Waals surface area (Å²) < 4.78 is 0. The Labute approximate surface area is 85.4 Å². The van der Waals surface area contributed by atoms with E-state index in [9.17, 15) is 9.59 Å². The lowest BCUT2D eigenvalue weighted by molar-refractivity contribution is 0.0683. The molecule has 0 amide bonds. The molecule has 1 atom stereocenters. The van der Waals surface area contributed by atoms with Crippen LogP contribution >= 0.6 is 0 Å². The molecule has 6 heteroatoms. The summed E-state index contributed by atoms with van der Waals surface area (Å²) in [7, 11) is 0. The first-order chi connectivity index (χ1) is 7.08. The van der Waals surface area contributed by atoms with Crippen LogP contribution in [0.25, 0.3) is 0 Å². The van der Waals surface area contributed by atoms with Gasteiger partial charge in [0, 0.05) is 6.54 Å². The van der Waals surface area contributed by atoms with Crippen LogP contribution in [0.3, 0.4) is 0 Å². The maximum Gasteiger partial charge on any atom is 0.372 e. The van der Waals surface area contributed by atoms with Crippen molar-refractivity contribution in [3.63, 3.8) is 0 Å². The van der Waals surface area contributed by atoms with E-state index in [-0.39, 0.29) is 11.4 Å². The molecule has 3 N–H and O–H groups in total. The van der Waals surface area contributed by atoms with Gasteiger partial charge in [-0.05, 0) is 12.3 Å². The first-order valence-corrected chi connectivity index (χ1v) is 4.68. The average molecular weight is 209 g/mol. The van der Waals surface area contributed by atoms with Gasteiger partial charge in [-0.15, -0.1) is 0 Å². The SMILES string of the molecule is CC1CNc2nc(C(=O)O)[nH]c(=O)c2C1. The Kier molecular flexibility index (Phi) is 2.18. The van der Waals surface area contributed by atoms with Gasteiger partial charge in [-0.1, -0.05) is 6.92 Å². The number of nitrogens with zero attached hydrogens (tertiary/aromatic N) is 1. The van der Waals surface area contributed by atoms with Crippen LogP contribution in [0.15, 0.2) is 4.79 Å². The van der Waals surface area contributed by atoms with Gasteiger partial charge < -0.3 is 15.4 Å². The predicted octanol–water partition coefficient (Wildman–Crippen LogP) is 0.0722. The van der Waals surface area contributed by atoms with Crippen molar-refractivity contribution < 1.29 is 9.90 Å². The molecular weight excluding hydrogens is 198 g/mol. The minimum absolute atomic E-state index is 0.319. The summed E-state index contributed by atoms with van der Waals surface area (Å²) in [5, 5.41) is 11.7. The lowest BCUT2D eigenvalue weighted by Gasteiger charge is -2.21. The van der Waals surface area contributed by atoms with Crippen LogP contribution in [-0.4, -0.2) is 27.6 Å². The topological polar surface area (TPSA) is 95.1 Å². The van der Waals surface area contributed by atoms with Crippen molar-refractivity contribution in [2.45, 2.75) is 13.3 Å². The molecule has 6 nitrogen and oxygen atoms in total. The number of nitrogens with one attached hydrogen (secondary N) is 2. The molecule has 0 saturated heterocycles. The summed E-state index contributed by atoms with van der Waals surface area (Å²) in [6.07, 6.45) is 0.630. The van der Waals surface area contributed by atoms with Crippen LogP contribution in [0.5, 0.6) is 0 Å². The molecule has 1 aromatic rings. The minimum Gasteiger partial charge on any atom is -0.475 e. The Balaban J connectivity index is 2.53. The lowest BCUT2D eigenvalue weighted by Crippen LogP contribution is -2.30. The van der Waals surface area contributed by atoms with E-state index < -0.39 is 5.97 Å². The van der Waals surface area contributed by atoms with E-state index in [1.54, 1.807) is 0 Å². The fourth-order valence-corrected chi connectivity index (χ4v) is 1.63. The van der Waals surface area contributed by atoms with Crippen LogP contribution in [-0.2, 0) is 6.42 Å². The van der Waals surface area contributed by atoms with Crippen LogP contribution in [0.4, 0.5) is 5.82 Å². The van der Waals surface area contributed by atoms with Gasteiger partial charge in [0.15, 0.2) is 0 Å². The van der Waals surface area contributed by atoms with Gasteiger partial charge in [-0.25, -0.2) is 9.78 Å². The van der Waals surface area contributed by atoms with Crippen LogP contribution in [0.1, 0.15) is 23.1 Å². The van der Waals surface area contributed by atoms with Gasteiger partial charge in [-0.3, -0.25) is 4.79 Å². The second-order valence-corrected chi connectivity index (χ2v) is 3.74. The molecule has 0 radical (unpaired) electrons. The number of aromatic nitrogens is 2. The molecule has 0 saturated carbocycles. The van der Waals surface area contributed by atoms with Gasteiger partial charge in [0.25, 0.3) is 5.56 Å². The predicted molar refractivity (Wildman–Crippen MR) is 53.2 cm³/mol. The van der Waals surface area contributed by atoms with Crippen molar-refractivity contribution in [3.05, 3.63) is 21.7 Å². The molecule has 0 spiro atoms. The molecule has 1 aliphatic heterocycles. The molecule has 0 aromatic carbocycles. The number of hydrogen-bond donors (Lipinski definition) is 3. The van der Waals surface area contributed by atoms with Crippen molar-refractivity contribution in [1.82, 2.24) is 9.97 Å². The summed E-state index contributed by atoms with van der Waals surface area (Å²) in [5.41, 5.74) is 0.176. The van der Waals surface area contributed by atoms with Crippen LogP contribution in [0.2, 0.25) is 0 Å². The summed E-state index contributed by atoms with van der Waals surface area (Å²) in [4.78, 5) is 28.3. The summed E-state index contributed by atoms with van der Waals surface area (Å²) >= 11 is 0. The maximum absolute atomic E-state index is 11.5. The van der Waals surface area contributed by atoms with Crippen molar-refractivity contribution in [2.24, 2.45) is 5.92 Å². The number of fused-ring (bicyclic) bond motifs is 1. The molecule has 0 fully saturated rings. The summed E-state index contributed by atoms with van der Waals surface area (Å²) in [6.45, 7) is 2.73. The molecule has 1 aliphatic rings. The van der Waals surface area contributed by atoms with E-state index >= 15 is 0 Å². The number of rotatable bonds is 1. The molecule has 2 rings (SSSR count). The highest BCUT2D eigenvalue weighted by Gasteiger charge is 2.21. The quantitative estimate of drug-likeness (QED) is 0.608. The molecule has 1 unspecified atom stereocenters. The van der Waals surface area contributed by atoms with E-state index in [2.05, 4.69) is 15.3 Å². The highest BCUT2D eigenvalue weighted by Crippen LogP contribution is 2.18. The average Bonchev–Trinajstić information content (AvgIpc) is 2.18. The van der Waals surface area contributed by atoms with Crippen molar-refractivity contribution in [1.29, 1.82) is 0 Å². The highest BCUT2D eigenvalue weighted by molar-refractivity contribution is 5.83. The van der Waals surface area contributed by atoms with Crippen molar-refractivity contribution >= 4 is 11.8 Å². The standard InChI is InChI=1S/C9H11N3O3/c1-4-2-5-6(10-3-4)11-7(9(14)15)12-8(5)13/h4H,2-3H2,1H3,(H,14,15)(H2,10,11,12,13). The normalized spacial score (nSPS) is 19.1. The van der Waals surface area contributed by atoms with Crippen LogP contribution in [0, 0.1) is 5.92 Å². The number of hydrogen-bond acceptors (Lipinski definition) is 4. The molecule has 1 aromatic heterocycles. The van der Waals surface area contributed by atoms with E-state index in [1.165, 1.54) is 0 Å². The van der Waals surface area contributed by atoms with E-state index in [0.717, 1.165) is 0 Å². The Morgan fingerprint density at radius 2 is 2.33 bits per heavy atom. The van der Waals surface area contributed by atoms with Gasteiger partial charge in [-0.2, -0.15) is 0 Å². The number of aromatic amines is 1. The van der Waals surface area contributed by atoms with Gasteiger partial charge in [0.2, 0.25) is 5.82 Å². The van der Waals surface area contributed by atoms with Gasteiger partial charge in [0.1, 0.15) is 5.82 Å². The number of anilines is 1. The minimum atomic E-state index is -1.23. The second-order valence-electron chi connectivity index (χ2n) is 3.74. The number of carbonyl (C=O) groups is 1. The molecule has 0 bridgehead atoms. The number of H-pyrrole nitrogens is 1. The third-order valence-electron chi connectivity index (χ3n) is 2.39. The van der Waals surface area contributed by atoms with Gasteiger partial charge in [0.05, 0.1) is 5.56 Å². The Morgan fingerprint density at radius 3 is 3.00 bits per heavy atom. The molecule has 0 aliphatic carbocycles. The molecule has 15 heavy (non-hydrogen) atoms. The van der Waals surface area contributed by atoms with Crippen molar-refractivity contribution in [2.75, 3.05) is 11.9 Å². The first-order valence-electron chi connectivity index (χ1n) is 4.68. The lowest BCUT2D eigenvalue weighted by atomic mass is 9.99. The zero-order valence-corrected chi connectivity index (χ0v) is 8.20. The van der Waals surface area contributed by atoms with E-state index in [4.69, 9.17) is 5.11 Å². The zero-order valence-electron chi connectivity index (χ0n) is 8.20. The summed E-state index contributed by atoms with van der Waals surface area (Å²) in [5.74, 6) is -0.790. The fraction of sp³-hybridized carbons (Fsp3) is 0.444. The third-order valence-corrected chi connectivity index (χ3v) is 2.39. The smallest absolute Gasteiger partial charge is 0.372 e. The Morgan fingerprint density at radius 1 is 1.60 bits per heavy atom. The second kappa shape index (κ2) is 3.38. The number of aromatic carboxylic acids is 1. The van der Waals surface area contributed by atoms with Crippen molar-refractivity contribution in [3.8, 4) is 0 Å². The number of carboxylic acids is 1. The molecule has 80 valence electrons. The maximum atomic E-state index is 11.5. The van der Waals surface area contributed by atoms with Crippen LogP contribution < -0.4 is 10.9 Å². The fourth-order valence-electron chi connectivity index (χ4n) is 1.63. The summed E-state index contributed by atoms with van der Waals surface area (Å²) in [6, 6.07) is 0. The Bertz CT molecular complexity index is 466. The largest absolute Gasteiger partial charge is 0.475 e. The molecular formula is C9H11N3O3. The van der Waals surface area contributed by atoms with Gasteiger partial charge >= 0.3 is 5.97 Å². The third kappa shape index (κ3) is 1.70. The van der Waals surface area contributed by atoms with E-state index in [0.29, 0.717) is 30.3 Å².